The van der Waals surface area contributed by atoms with E-state index >= 15 is 0 Å². The van der Waals surface area contributed by atoms with Gasteiger partial charge in [-0.1, -0.05) is 31.4 Å². The Hall–Kier alpha value is -2.67. The first kappa shape index (κ1) is 18.7. The molecular weight excluding hydrogens is 378 g/mol. The molecule has 0 aromatic carbocycles. The van der Waals surface area contributed by atoms with Gasteiger partial charge < -0.3 is 15.4 Å². The van der Waals surface area contributed by atoms with E-state index in [-0.39, 0.29) is 6.04 Å². The van der Waals surface area contributed by atoms with Gasteiger partial charge in [-0.2, -0.15) is 0 Å². The number of aliphatic carboxylic acids is 1. The summed E-state index contributed by atoms with van der Waals surface area (Å²) in [6, 6.07) is 1.71. The largest absolute Gasteiger partial charge is 0.481 e. The number of aromatic nitrogens is 4. The van der Waals surface area contributed by atoms with E-state index < -0.39 is 11.9 Å². The van der Waals surface area contributed by atoms with Crippen LogP contribution < -0.4 is 5.32 Å². The van der Waals surface area contributed by atoms with Gasteiger partial charge in [0.2, 0.25) is 0 Å². The zero-order valence-electron chi connectivity index (χ0n) is 15.6. The molecule has 0 radical (unpaired) electrons. The highest BCUT2D eigenvalue weighted by Crippen LogP contribution is 2.31. The minimum Gasteiger partial charge on any atom is -0.481 e. The van der Waals surface area contributed by atoms with Gasteiger partial charge in [0.05, 0.1) is 10.9 Å². The van der Waals surface area contributed by atoms with Crippen molar-refractivity contribution >= 4 is 34.4 Å². The van der Waals surface area contributed by atoms with Gasteiger partial charge >= 0.3 is 5.97 Å². The molecule has 0 unspecified atom stereocenters. The van der Waals surface area contributed by atoms with Gasteiger partial charge in [-0.05, 0) is 25.3 Å². The molecule has 1 fully saturated rings. The first-order valence-electron chi connectivity index (χ1n) is 9.55. The Bertz CT molecular complexity index is 1020. The number of rotatable bonds is 5. The monoisotopic (exact) mass is 399 g/mol. The molecule has 3 heterocycles. The zero-order chi connectivity index (χ0) is 19.7. The zero-order valence-corrected chi connectivity index (χ0v) is 16.3. The van der Waals surface area contributed by atoms with Crippen molar-refractivity contribution < 1.29 is 9.90 Å². The lowest BCUT2D eigenvalue weighted by atomic mass is 9.84. The molecule has 3 N–H and O–H groups in total. The highest BCUT2D eigenvalue weighted by atomic mass is 35.5. The first-order valence-corrected chi connectivity index (χ1v) is 9.93. The van der Waals surface area contributed by atoms with Crippen LogP contribution in [0.3, 0.4) is 0 Å². The smallest absolute Gasteiger partial charge is 0.308 e. The molecule has 1 aliphatic rings. The molecule has 4 rings (SSSR count). The van der Waals surface area contributed by atoms with Crippen LogP contribution in [-0.2, 0) is 11.2 Å². The lowest BCUT2D eigenvalue weighted by Gasteiger charge is -2.30. The van der Waals surface area contributed by atoms with E-state index in [1.807, 2.05) is 19.2 Å². The average molecular weight is 400 g/mol. The quantitative estimate of drug-likeness (QED) is 0.591. The van der Waals surface area contributed by atoms with Gasteiger partial charge in [-0.15, -0.1) is 0 Å². The molecule has 146 valence electrons. The maximum atomic E-state index is 11.6. The van der Waals surface area contributed by atoms with Gasteiger partial charge in [0.15, 0.2) is 5.82 Å². The van der Waals surface area contributed by atoms with Crippen LogP contribution in [0, 0.1) is 5.92 Å². The standard InChI is InChI=1S/C20H22ClN5O2/c1-2-11-8-22-19(15-10-24-18-14(15)7-12(21)9-23-18)26-17(11)25-16-6-4-3-5-13(16)20(27)28/h7-10,13,16H,2-6H2,1H3,(H,23,24)(H,27,28)(H,22,25,26)/t13-,16+/m0/s1. The number of hydrogen-bond acceptors (Lipinski definition) is 5. The van der Waals surface area contributed by atoms with Crippen molar-refractivity contribution in [2.45, 2.75) is 45.1 Å². The Balaban J connectivity index is 1.71. The third-order valence-electron chi connectivity index (χ3n) is 5.39. The van der Waals surface area contributed by atoms with Gasteiger partial charge in [0, 0.05) is 41.1 Å². The molecule has 0 spiro atoms. The summed E-state index contributed by atoms with van der Waals surface area (Å²) in [5.41, 5.74) is 2.50. The van der Waals surface area contributed by atoms with E-state index in [9.17, 15) is 9.90 Å². The van der Waals surface area contributed by atoms with Crippen LogP contribution in [0.1, 0.15) is 38.2 Å². The predicted octanol–water partition coefficient (Wildman–Crippen LogP) is 4.29. The van der Waals surface area contributed by atoms with Crippen LogP contribution in [0.25, 0.3) is 22.4 Å². The number of carbonyl (C=O) groups is 1. The van der Waals surface area contributed by atoms with Crippen LogP contribution in [0.4, 0.5) is 5.82 Å². The maximum absolute atomic E-state index is 11.6. The number of aromatic amines is 1. The second-order valence-electron chi connectivity index (χ2n) is 7.15. The van der Waals surface area contributed by atoms with Crippen molar-refractivity contribution in [1.29, 1.82) is 0 Å². The number of pyridine rings is 1. The number of carboxylic acids is 1. The Labute approximate surface area is 167 Å². The molecule has 28 heavy (non-hydrogen) atoms. The van der Waals surface area contributed by atoms with Crippen LogP contribution >= 0.6 is 11.6 Å². The Morgan fingerprint density at radius 2 is 2.14 bits per heavy atom. The Morgan fingerprint density at radius 3 is 2.93 bits per heavy atom. The SMILES string of the molecule is CCc1cnc(-c2c[nH]c3ncc(Cl)cc23)nc1N[C@@H]1CCCC[C@@H]1C(=O)O. The Morgan fingerprint density at radius 1 is 1.32 bits per heavy atom. The third kappa shape index (κ3) is 3.54. The minimum absolute atomic E-state index is 0.126. The van der Waals surface area contributed by atoms with Crippen molar-refractivity contribution in [2.75, 3.05) is 5.32 Å². The van der Waals surface area contributed by atoms with E-state index in [4.69, 9.17) is 16.6 Å². The maximum Gasteiger partial charge on any atom is 0.308 e. The van der Waals surface area contributed by atoms with Gasteiger partial charge in [0.25, 0.3) is 0 Å². The summed E-state index contributed by atoms with van der Waals surface area (Å²) in [6.45, 7) is 2.04. The van der Waals surface area contributed by atoms with Crippen LogP contribution in [0.2, 0.25) is 5.02 Å². The summed E-state index contributed by atoms with van der Waals surface area (Å²) in [4.78, 5) is 28.3. The summed E-state index contributed by atoms with van der Waals surface area (Å²) in [5.74, 6) is 0.113. The summed E-state index contributed by atoms with van der Waals surface area (Å²) >= 11 is 6.10. The molecule has 2 atom stereocenters. The highest BCUT2D eigenvalue weighted by molar-refractivity contribution is 6.31. The molecule has 1 aliphatic carbocycles. The van der Waals surface area contributed by atoms with E-state index in [1.54, 1.807) is 12.4 Å². The van der Waals surface area contributed by atoms with Crippen molar-refractivity contribution in [3.05, 3.63) is 35.2 Å². The topological polar surface area (TPSA) is 104 Å². The molecule has 1 saturated carbocycles. The lowest BCUT2D eigenvalue weighted by molar-refractivity contribution is -0.143. The number of H-pyrrole nitrogens is 1. The van der Waals surface area contributed by atoms with Crippen molar-refractivity contribution in [2.24, 2.45) is 5.92 Å². The first-order chi connectivity index (χ1) is 13.6. The van der Waals surface area contributed by atoms with Crippen LogP contribution in [0.15, 0.2) is 24.7 Å². The molecule has 0 bridgehead atoms. The third-order valence-corrected chi connectivity index (χ3v) is 5.60. The van der Waals surface area contributed by atoms with E-state index in [0.29, 0.717) is 23.1 Å². The molecule has 0 amide bonds. The van der Waals surface area contributed by atoms with E-state index in [0.717, 1.165) is 47.8 Å². The molecule has 3 aromatic heterocycles. The summed E-state index contributed by atoms with van der Waals surface area (Å²) in [6.07, 6.45) is 9.47. The van der Waals surface area contributed by atoms with Crippen LogP contribution in [-0.4, -0.2) is 37.1 Å². The molecule has 0 saturated heterocycles. The molecule has 0 aliphatic heterocycles. The summed E-state index contributed by atoms with van der Waals surface area (Å²) in [5, 5.41) is 14.4. The fourth-order valence-corrected chi connectivity index (χ4v) is 4.02. The van der Waals surface area contributed by atoms with E-state index in [2.05, 4.69) is 20.3 Å². The average Bonchev–Trinajstić information content (AvgIpc) is 3.11. The fourth-order valence-electron chi connectivity index (χ4n) is 3.86. The van der Waals surface area contributed by atoms with E-state index in [1.165, 1.54) is 0 Å². The number of nitrogens with zero attached hydrogens (tertiary/aromatic N) is 3. The molecule has 7 nitrogen and oxygen atoms in total. The fraction of sp³-hybridized carbons (Fsp3) is 0.400. The van der Waals surface area contributed by atoms with Gasteiger partial charge in [0.1, 0.15) is 11.5 Å². The Kier molecular flexibility index (Phi) is 5.17. The molecule has 3 aromatic rings. The van der Waals surface area contributed by atoms with Crippen molar-refractivity contribution in [1.82, 2.24) is 19.9 Å². The second kappa shape index (κ2) is 7.75. The van der Waals surface area contributed by atoms with Crippen LogP contribution in [0.5, 0.6) is 0 Å². The summed E-state index contributed by atoms with van der Waals surface area (Å²) in [7, 11) is 0. The number of nitrogens with one attached hydrogen (secondary N) is 2. The summed E-state index contributed by atoms with van der Waals surface area (Å²) < 4.78 is 0. The number of fused-ring (bicyclic) bond motifs is 1. The predicted molar refractivity (Wildman–Crippen MR) is 109 cm³/mol. The number of aryl methyl sites for hydroxylation is 1. The minimum atomic E-state index is -0.748. The number of hydrogen-bond donors (Lipinski definition) is 3. The number of carboxylic acid groups (broad SMARTS) is 1. The molecule has 8 heteroatoms. The van der Waals surface area contributed by atoms with Crippen molar-refractivity contribution in [3.8, 4) is 11.4 Å². The van der Waals surface area contributed by atoms with Gasteiger partial charge in [-0.25, -0.2) is 15.0 Å². The lowest BCUT2D eigenvalue weighted by Crippen LogP contribution is -2.37. The second-order valence-corrected chi connectivity index (χ2v) is 7.59. The normalized spacial score (nSPS) is 19.6. The highest BCUT2D eigenvalue weighted by Gasteiger charge is 2.31. The van der Waals surface area contributed by atoms with Crippen molar-refractivity contribution in [3.63, 3.8) is 0 Å². The number of halogens is 1. The molecular formula is C20H22ClN5O2. The van der Waals surface area contributed by atoms with Gasteiger partial charge in [-0.3, -0.25) is 4.79 Å². The number of anilines is 1.